The van der Waals surface area contributed by atoms with Crippen LogP contribution in [0.2, 0.25) is 0 Å². The summed E-state index contributed by atoms with van der Waals surface area (Å²) in [5.74, 6) is 0.136. The second kappa shape index (κ2) is 10.2. The Labute approximate surface area is 205 Å². The Kier molecular flexibility index (Phi) is 6.90. The van der Waals surface area contributed by atoms with E-state index in [1.165, 1.54) is 17.3 Å². The molecule has 0 aliphatic carbocycles. The molecule has 6 nitrogen and oxygen atoms in total. The van der Waals surface area contributed by atoms with Gasteiger partial charge in [0.2, 0.25) is 11.8 Å². The molecule has 2 aromatic rings. The fourth-order valence-corrected chi connectivity index (χ4v) is 6.40. The van der Waals surface area contributed by atoms with Crippen LogP contribution in [0.25, 0.3) is 0 Å². The van der Waals surface area contributed by atoms with Crippen LogP contribution in [0.1, 0.15) is 31.2 Å². The van der Waals surface area contributed by atoms with E-state index >= 15 is 0 Å². The lowest BCUT2D eigenvalue weighted by Gasteiger charge is -2.37. The molecule has 0 N–H and O–H groups in total. The van der Waals surface area contributed by atoms with E-state index in [9.17, 15) is 14.4 Å². The maximum absolute atomic E-state index is 13.4. The lowest BCUT2D eigenvalue weighted by Crippen LogP contribution is -2.52. The molecule has 7 heteroatoms. The molecule has 2 aromatic carbocycles. The Morgan fingerprint density at radius 2 is 1.53 bits per heavy atom. The molecule has 3 amide bonds. The number of thioether (sulfide) groups is 1. The molecule has 3 aliphatic rings. The van der Waals surface area contributed by atoms with Gasteiger partial charge in [-0.25, -0.2) is 0 Å². The van der Waals surface area contributed by atoms with Crippen molar-refractivity contribution < 1.29 is 14.4 Å². The van der Waals surface area contributed by atoms with Crippen molar-refractivity contribution in [3.05, 3.63) is 60.2 Å². The minimum absolute atomic E-state index is 0.0104. The SMILES string of the molecule is O=C(CN1C(=O)C(C(=O)N2CCCC2)Sc2ccccc21)N1CCC(Cc2ccccc2)CC1. The molecule has 1 atom stereocenters. The van der Waals surface area contributed by atoms with Crippen LogP contribution >= 0.6 is 11.8 Å². The van der Waals surface area contributed by atoms with E-state index in [4.69, 9.17) is 0 Å². The zero-order valence-electron chi connectivity index (χ0n) is 19.4. The van der Waals surface area contributed by atoms with Crippen LogP contribution in [-0.2, 0) is 20.8 Å². The highest BCUT2D eigenvalue weighted by Gasteiger charge is 2.41. The van der Waals surface area contributed by atoms with Crippen molar-refractivity contribution in [3.8, 4) is 0 Å². The summed E-state index contributed by atoms with van der Waals surface area (Å²) in [6, 6.07) is 18.1. The van der Waals surface area contributed by atoms with Gasteiger partial charge < -0.3 is 14.7 Å². The number of para-hydroxylation sites is 1. The molecule has 0 saturated carbocycles. The predicted octanol–water partition coefficient (Wildman–Crippen LogP) is 3.60. The normalized spacial score (nSPS) is 21.0. The van der Waals surface area contributed by atoms with Gasteiger partial charge >= 0.3 is 0 Å². The number of hydrogen-bond acceptors (Lipinski definition) is 4. The highest BCUT2D eigenvalue weighted by atomic mass is 32.2. The van der Waals surface area contributed by atoms with Crippen LogP contribution in [-0.4, -0.2) is 65.5 Å². The van der Waals surface area contributed by atoms with Crippen molar-refractivity contribution in [2.24, 2.45) is 5.92 Å². The summed E-state index contributed by atoms with van der Waals surface area (Å²) in [6.45, 7) is 2.84. The first-order chi connectivity index (χ1) is 16.6. The van der Waals surface area contributed by atoms with Crippen molar-refractivity contribution in [2.75, 3.05) is 37.6 Å². The molecular formula is C27H31N3O3S. The van der Waals surface area contributed by atoms with Gasteiger partial charge in [-0.05, 0) is 55.7 Å². The molecule has 0 spiro atoms. The molecular weight excluding hydrogens is 446 g/mol. The van der Waals surface area contributed by atoms with Gasteiger partial charge in [0.05, 0.1) is 5.69 Å². The molecule has 2 fully saturated rings. The monoisotopic (exact) mass is 477 g/mol. The fraction of sp³-hybridized carbons (Fsp3) is 0.444. The standard InChI is InChI=1S/C27H31N3O3S/c31-24(28-16-12-21(13-17-28)18-20-8-2-1-3-9-20)19-30-22-10-4-5-11-23(22)34-25(27(30)33)26(32)29-14-6-7-15-29/h1-5,8-11,21,25H,6-7,12-19H2. The average Bonchev–Trinajstić information content (AvgIpc) is 3.41. The average molecular weight is 478 g/mol. The summed E-state index contributed by atoms with van der Waals surface area (Å²) in [7, 11) is 0. The Morgan fingerprint density at radius 3 is 2.26 bits per heavy atom. The Morgan fingerprint density at radius 1 is 0.853 bits per heavy atom. The van der Waals surface area contributed by atoms with Crippen LogP contribution < -0.4 is 4.90 Å². The Bertz CT molecular complexity index is 1050. The zero-order chi connectivity index (χ0) is 23.5. The van der Waals surface area contributed by atoms with E-state index < -0.39 is 5.25 Å². The van der Waals surface area contributed by atoms with Gasteiger partial charge in [0, 0.05) is 31.1 Å². The highest BCUT2D eigenvalue weighted by Crippen LogP contribution is 2.40. The van der Waals surface area contributed by atoms with Gasteiger partial charge in [0.25, 0.3) is 5.91 Å². The minimum atomic E-state index is -0.808. The summed E-state index contributed by atoms with van der Waals surface area (Å²) in [5.41, 5.74) is 2.07. The number of benzene rings is 2. The van der Waals surface area contributed by atoms with E-state index in [2.05, 4.69) is 24.3 Å². The molecule has 3 aliphatic heterocycles. The number of carbonyl (C=O) groups excluding carboxylic acids is 3. The fourth-order valence-electron chi connectivity index (χ4n) is 5.21. The van der Waals surface area contributed by atoms with E-state index in [-0.39, 0.29) is 24.3 Å². The summed E-state index contributed by atoms with van der Waals surface area (Å²) in [4.78, 5) is 45.9. The van der Waals surface area contributed by atoms with Crippen LogP contribution in [0, 0.1) is 5.92 Å². The van der Waals surface area contributed by atoms with Gasteiger partial charge in [0.1, 0.15) is 6.54 Å². The number of piperidine rings is 1. The topological polar surface area (TPSA) is 60.9 Å². The second-order valence-electron chi connectivity index (χ2n) is 9.44. The van der Waals surface area contributed by atoms with Gasteiger partial charge in [-0.15, -0.1) is 11.8 Å². The van der Waals surface area contributed by atoms with Crippen molar-refractivity contribution in [2.45, 2.75) is 42.2 Å². The van der Waals surface area contributed by atoms with Crippen molar-refractivity contribution in [3.63, 3.8) is 0 Å². The number of carbonyl (C=O) groups is 3. The Hall–Kier alpha value is -2.80. The lowest BCUT2D eigenvalue weighted by atomic mass is 9.90. The zero-order valence-corrected chi connectivity index (χ0v) is 20.2. The number of likely N-dealkylation sites (tertiary alicyclic amines) is 2. The molecule has 2 saturated heterocycles. The number of nitrogens with zero attached hydrogens (tertiary/aromatic N) is 3. The highest BCUT2D eigenvalue weighted by molar-refractivity contribution is 8.01. The molecule has 0 aromatic heterocycles. The smallest absolute Gasteiger partial charge is 0.250 e. The summed E-state index contributed by atoms with van der Waals surface area (Å²) in [5, 5.41) is -0.808. The molecule has 5 rings (SSSR count). The molecule has 178 valence electrons. The maximum Gasteiger partial charge on any atom is 0.250 e. The van der Waals surface area contributed by atoms with Gasteiger partial charge in [-0.1, -0.05) is 42.5 Å². The number of anilines is 1. The molecule has 0 radical (unpaired) electrons. The summed E-state index contributed by atoms with van der Waals surface area (Å²) < 4.78 is 0. The molecule has 1 unspecified atom stereocenters. The molecule has 34 heavy (non-hydrogen) atoms. The number of rotatable bonds is 5. The van der Waals surface area contributed by atoms with Gasteiger partial charge in [-0.2, -0.15) is 0 Å². The number of fused-ring (bicyclic) bond motifs is 1. The third-order valence-electron chi connectivity index (χ3n) is 7.16. The first kappa shape index (κ1) is 23.0. The first-order valence-electron chi connectivity index (χ1n) is 12.3. The van der Waals surface area contributed by atoms with Crippen LogP contribution in [0.15, 0.2) is 59.5 Å². The minimum Gasteiger partial charge on any atom is -0.341 e. The van der Waals surface area contributed by atoms with Crippen LogP contribution in [0.5, 0.6) is 0 Å². The van der Waals surface area contributed by atoms with E-state index in [1.54, 1.807) is 9.80 Å². The number of amides is 3. The summed E-state index contributed by atoms with van der Waals surface area (Å²) in [6.07, 6.45) is 4.94. The quantitative estimate of drug-likeness (QED) is 0.618. The summed E-state index contributed by atoms with van der Waals surface area (Å²) >= 11 is 1.32. The van der Waals surface area contributed by atoms with E-state index in [1.807, 2.05) is 35.2 Å². The Balaban J connectivity index is 1.25. The van der Waals surface area contributed by atoms with Gasteiger partial charge in [-0.3, -0.25) is 14.4 Å². The maximum atomic E-state index is 13.4. The second-order valence-corrected chi connectivity index (χ2v) is 10.6. The molecule has 3 heterocycles. The van der Waals surface area contributed by atoms with Crippen molar-refractivity contribution >= 4 is 35.2 Å². The molecule has 0 bridgehead atoms. The third kappa shape index (κ3) is 4.85. The third-order valence-corrected chi connectivity index (χ3v) is 8.40. The van der Waals surface area contributed by atoms with E-state index in [0.29, 0.717) is 32.1 Å². The van der Waals surface area contributed by atoms with Crippen LogP contribution in [0.3, 0.4) is 0 Å². The lowest BCUT2D eigenvalue weighted by molar-refractivity contribution is -0.136. The largest absolute Gasteiger partial charge is 0.341 e. The predicted molar refractivity (Wildman–Crippen MR) is 134 cm³/mol. The first-order valence-corrected chi connectivity index (χ1v) is 13.2. The van der Waals surface area contributed by atoms with Crippen molar-refractivity contribution in [1.29, 1.82) is 0 Å². The van der Waals surface area contributed by atoms with E-state index in [0.717, 1.165) is 42.7 Å². The van der Waals surface area contributed by atoms with Gasteiger partial charge in [0.15, 0.2) is 5.25 Å². The van der Waals surface area contributed by atoms with Crippen LogP contribution in [0.4, 0.5) is 5.69 Å². The van der Waals surface area contributed by atoms with Crippen molar-refractivity contribution in [1.82, 2.24) is 9.80 Å². The number of hydrogen-bond donors (Lipinski definition) is 0.